The fourth-order valence-electron chi connectivity index (χ4n) is 23.5. The molecule has 2 spiro atoms. The van der Waals surface area contributed by atoms with Gasteiger partial charge in [0.2, 0.25) is 5.95 Å². The van der Waals surface area contributed by atoms with Gasteiger partial charge in [-0.05, 0) is 214 Å². The number of nitrogens with zero attached hydrogens (tertiary/aromatic N) is 3. The minimum atomic E-state index is -0.723. The third-order valence-electron chi connectivity index (χ3n) is 28.2. The lowest BCUT2D eigenvalue weighted by Gasteiger charge is -2.40. The molecule has 3 heterocycles. The monoisotopic (exact) mass is 1470 g/mol. The van der Waals surface area contributed by atoms with Gasteiger partial charge in [0, 0.05) is 61.7 Å². The van der Waals surface area contributed by atoms with Gasteiger partial charge < -0.3 is 8.83 Å². The maximum absolute atomic E-state index is 7.63. The molecule has 560 valence electrons. The Morgan fingerprint density at radius 3 is 1.22 bits per heavy atom. The maximum atomic E-state index is 7.63. The Labute approximate surface area is 666 Å². The molecule has 15 aromatic rings. The molecule has 0 N–H and O–H groups in total. The number of para-hydroxylation sites is 2. The van der Waals surface area contributed by atoms with E-state index in [1.807, 2.05) is 18.5 Å². The number of hydrogen-bond acceptors (Lipinski definition) is 5. The first kappa shape index (κ1) is 70.0. The number of unbranched alkanes of at least 4 members (excludes halogenated alkanes) is 16. The van der Waals surface area contributed by atoms with Gasteiger partial charge in [-0.1, -0.05) is 332 Å². The summed E-state index contributed by atoms with van der Waals surface area (Å²) in [6.07, 6.45) is 33.1. The largest absolute Gasteiger partial charge is 0.456 e. The van der Waals surface area contributed by atoms with E-state index in [4.69, 9.17) is 18.8 Å². The van der Waals surface area contributed by atoms with Gasteiger partial charge >= 0.3 is 0 Å². The van der Waals surface area contributed by atoms with Crippen LogP contribution in [0.5, 0.6) is 0 Å². The molecule has 5 nitrogen and oxygen atoms in total. The molecule has 5 heteroatoms. The molecule has 0 aliphatic heterocycles. The standard InChI is InChI=1S/C108H101N3O2/c1-5-9-13-17-35-60-105(61-36-18-14-10-6-2)83-47-28-25-44-77(83)100-102(105)101-98(99-80-46-27-34-53-94(80)113-103(99)100)78-57-55-70(66-89(78)106(101,62-37-19-15-11-7-3)63-38-20-16-12-8-4)111(104-109-64-39-65-110-104)71-54-56-76-81-68-92-82(69-91(81)108(90(76)67-71)86-50-31-23-42-74(86)75-43-24-32-51-87(75)108)96-88(58-59-95-97(96)79-45-26-33-52-93(79)112-95)107(92)84-48-29-21-40-72(84)73-41-22-30-49-85(73)107/h21-34,39-59,64-69H,5-20,35-38,60-63H2,1-4H3. The van der Waals surface area contributed by atoms with Crippen LogP contribution in [-0.2, 0) is 21.7 Å². The molecule has 3 aromatic heterocycles. The Hall–Kier alpha value is -10.9. The third kappa shape index (κ3) is 10.1. The van der Waals surface area contributed by atoms with Crippen molar-refractivity contribution in [3.8, 4) is 66.8 Å². The Morgan fingerprint density at radius 1 is 0.274 bits per heavy atom. The van der Waals surface area contributed by atoms with E-state index in [1.165, 1.54) is 254 Å². The fourth-order valence-corrected chi connectivity index (χ4v) is 23.5. The Morgan fingerprint density at radius 2 is 0.673 bits per heavy atom. The summed E-state index contributed by atoms with van der Waals surface area (Å²) in [5.41, 5.74) is 36.6. The number of fused-ring (bicyclic) bond motifs is 36. The van der Waals surface area contributed by atoms with Crippen molar-refractivity contribution in [2.24, 2.45) is 0 Å². The molecular formula is C108H101N3O2. The van der Waals surface area contributed by atoms with Gasteiger partial charge in [-0.3, -0.25) is 4.90 Å². The average Bonchev–Trinajstić information content (AvgIpc) is 1.52. The second-order valence-corrected chi connectivity index (χ2v) is 34.1. The second kappa shape index (κ2) is 28.0. The van der Waals surface area contributed by atoms with Gasteiger partial charge in [0.25, 0.3) is 0 Å². The molecule has 0 saturated carbocycles. The van der Waals surface area contributed by atoms with Crippen LogP contribution in [0.1, 0.15) is 249 Å². The Bertz CT molecular complexity index is 6140. The quantitative estimate of drug-likeness (QED) is 0.0480. The smallest absolute Gasteiger partial charge is 0.234 e. The summed E-state index contributed by atoms with van der Waals surface area (Å²) in [6, 6.07) is 91.9. The summed E-state index contributed by atoms with van der Waals surface area (Å²) in [5.74, 6) is 0.654. The topological polar surface area (TPSA) is 55.3 Å². The summed E-state index contributed by atoms with van der Waals surface area (Å²) >= 11 is 0. The van der Waals surface area contributed by atoms with Crippen molar-refractivity contribution in [1.29, 1.82) is 0 Å². The van der Waals surface area contributed by atoms with Crippen LogP contribution in [0.4, 0.5) is 17.3 Å². The number of benzene rings is 12. The van der Waals surface area contributed by atoms with E-state index in [0.29, 0.717) is 5.95 Å². The Kier molecular flexibility index (Phi) is 17.4. The van der Waals surface area contributed by atoms with Crippen molar-refractivity contribution >= 4 is 61.2 Å². The van der Waals surface area contributed by atoms with Crippen molar-refractivity contribution in [3.05, 3.63) is 316 Å². The van der Waals surface area contributed by atoms with E-state index in [1.54, 1.807) is 11.1 Å². The van der Waals surface area contributed by atoms with Crippen LogP contribution in [0.3, 0.4) is 0 Å². The number of aromatic nitrogens is 2. The first-order chi connectivity index (χ1) is 55.9. The first-order valence-corrected chi connectivity index (χ1v) is 43.4. The zero-order valence-electron chi connectivity index (χ0n) is 66.3. The highest BCUT2D eigenvalue weighted by atomic mass is 16.3. The van der Waals surface area contributed by atoms with Crippen LogP contribution >= 0.6 is 0 Å². The second-order valence-electron chi connectivity index (χ2n) is 34.1. The predicted octanol–water partition coefficient (Wildman–Crippen LogP) is 30.4. The lowest BCUT2D eigenvalue weighted by Crippen LogP contribution is -2.33. The van der Waals surface area contributed by atoms with Crippen molar-refractivity contribution in [2.75, 3.05) is 4.90 Å². The average molecular weight is 1470 g/mol. The van der Waals surface area contributed by atoms with E-state index in [9.17, 15) is 0 Å². The molecule has 21 rings (SSSR count). The fraction of sp³-hybridized carbons (Fsp3) is 0.296. The number of furan rings is 2. The van der Waals surface area contributed by atoms with Crippen molar-refractivity contribution in [3.63, 3.8) is 0 Å². The van der Waals surface area contributed by atoms with E-state index in [-0.39, 0.29) is 10.8 Å². The van der Waals surface area contributed by atoms with Crippen molar-refractivity contribution in [2.45, 2.75) is 203 Å². The lowest BCUT2D eigenvalue weighted by molar-refractivity contribution is 0.369. The molecule has 0 radical (unpaired) electrons. The van der Waals surface area contributed by atoms with Gasteiger partial charge in [-0.25, -0.2) is 9.97 Å². The van der Waals surface area contributed by atoms with Gasteiger partial charge in [-0.15, -0.1) is 0 Å². The molecule has 0 unspecified atom stereocenters. The first-order valence-electron chi connectivity index (χ1n) is 43.4. The molecule has 0 fully saturated rings. The van der Waals surface area contributed by atoms with Gasteiger partial charge in [0.05, 0.1) is 10.8 Å². The highest BCUT2D eigenvalue weighted by molar-refractivity contribution is 6.22. The summed E-state index contributed by atoms with van der Waals surface area (Å²) < 4.78 is 14.6. The number of hydrogen-bond donors (Lipinski definition) is 0. The van der Waals surface area contributed by atoms with Gasteiger partial charge in [0.1, 0.15) is 22.3 Å². The minimum absolute atomic E-state index is 0.197. The Balaban J connectivity index is 0.821. The van der Waals surface area contributed by atoms with Gasteiger partial charge in [-0.2, -0.15) is 0 Å². The molecule has 0 amide bonds. The molecule has 0 bridgehead atoms. The zero-order chi connectivity index (χ0) is 75.6. The lowest BCUT2D eigenvalue weighted by atomic mass is 9.62. The highest BCUT2D eigenvalue weighted by Gasteiger charge is 2.59. The van der Waals surface area contributed by atoms with Crippen molar-refractivity contribution < 1.29 is 8.83 Å². The van der Waals surface area contributed by atoms with E-state index >= 15 is 0 Å². The highest BCUT2D eigenvalue weighted by Crippen LogP contribution is 2.72. The molecule has 12 aromatic carbocycles. The van der Waals surface area contributed by atoms with Crippen LogP contribution in [0.25, 0.3) is 111 Å². The summed E-state index contributed by atoms with van der Waals surface area (Å²) in [6.45, 7) is 9.47. The summed E-state index contributed by atoms with van der Waals surface area (Å²) in [7, 11) is 0. The third-order valence-corrected chi connectivity index (χ3v) is 28.2. The van der Waals surface area contributed by atoms with Crippen molar-refractivity contribution in [1.82, 2.24) is 9.97 Å². The minimum Gasteiger partial charge on any atom is -0.456 e. The van der Waals surface area contributed by atoms with Crippen LogP contribution < -0.4 is 4.90 Å². The van der Waals surface area contributed by atoms with E-state index < -0.39 is 10.8 Å². The number of anilines is 3. The predicted molar refractivity (Wildman–Crippen MR) is 470 cm³/mol. The normalized spacial score (nSPS) is 15.0. The summed E-state index contributed by atoms with van der Waals surface area (Å²) in [4.78, 5) is 13.2. The molecular weight excluding hydrogens is 1370 g/mol. The molecule has 113 heavy (non-hydrogen) atoms. The molecule has 6 aliphatic carbocycles. The van der Waals surface area contributed by atoms with Crippen LogP contribution in [0.15, 0.2) is 258 Å². The van der Waals surface area contributed by atoms with Gasteiger partial charge in [0.15, 0.2) is 0 Å². The summed E-state index contributed by atoms with van der Waals surface area (Å²) in [5, 5.41) is 4.84. The SMILES string of the molecule is CCCCCCCC1(CCCCCCC)c2ccccc2-c2c1c1c(c3c2oc2ccccc23)-c2ccc(N(c3ccc4c(c3)C3(c5ccccc5-c5ccccc53)c3cc5c(cc3-4)C3(c4ccccc4-c4ccccc43)c3ccc4oc6ccccc6c4c3-5)c3ncccn3)cc2C1(CCCCCCC)CCCCCCC. The van der Waals surface area contributed by atoms with E-state index in [2.05, 4.69) is 263 Å². The van der Waals surface area contributed by atoms with Crippen LogP contribution in [-0.4, -0.2) is 9.97 Å². The van der Waals surface area contributed by atoms with Crippen LogP contribution in [0.2, 0.25) is 0 Å². The molecule has 0 saturated heterocycles. The number of rotatable bonds is 27. The maximum Gasteiger partial charge on any atom is 0.234 e. The van der Waals surface area contributed by atoms with Crippen LogP contribution in [0, 0.1) is 0 Å². The molecule has 6 aliphatic rings. The molecule has 0 atom stereocenters. The zero-order valence-corrected chi connectivity index (χ0v) is 66.3. The van der Waals surface area contributed by atoms with E-state index in [0.717, 1.165) is 77.6 Å².